The summed E-state index contributed by atoms with van der Waals surface area (Å²) in [6.45, 7) is 3.63. The number of carboxylic acid groups (broad SMARTS) is 1. The maximum absolute atomic E-state index is 12.6. The molecule has 0 radical (unpaired) electrons. The smallest absolute Gasteiger partial charge is 0.337 e. The molecule has 2 N–H and O–H groups in total. The van der Waals surface area contributed by atoms with Crippen molar-refractivity contribution in [2.75, 3.05) is 22.7 Å². The van der Waals surface area contributed by atoms with Crippen LogP contribution in [0.15, 0.2) is 47.4 Å². The molecule has 0 aromatic heterocycles. The fraction of sp³-hybridized carbons (Fsp3) is 0.350. The van der Waals surface area contributed by atoms with Crippen LogP contribution in [0.2, 0.25) is 0 Å². The third kappa shape index (κ3) is 4.60. The summed E-state index contributed by atoms with van der Waals surface area (Å²) in [6, 6.07) is 11.3. The molecule has 27 heavy (non-hydrogen) atoms. The standard InChI is InChI=1S/C20H24N2O4S/c1-15-6-9-17(10-7-15)27(25,26)21-19-11-8-16(14-18(19)20(23)24)22-12-4-2-3-5-13-22/h6-11,14,21H,2-5,12-13H2,1H3,(H,23,24). The number of nitrogens with one attached hydrogen (secondary N) is 1. The molecule has 0 unspecified atom stereocenters. The number of carboxylic acids is 1. The molecule has 0 saturated carbocycles. The number of nitrogens with zero attached hydrogens (tertiary/aromatic N) is 1. The van der Waals surface area contributed by atoms with Crippen molar-refractivity contribution in [3.05, 3.63) is 53.6 Å². The molecule has 6 nitrogen and oxygen atoms in total. The highest BCUT2D eigenvalue weighted by Crippen LogP contribution is 2.27. The molecule has 0 amide bonds. The molecule has 0 bridgehead atoms. The van der Waals surface area contributed by atoms with Crippen molar-refractivity contribution in [1.82, 2.24) is 0 Å². The number of aryl methyl sites for hydroxylation is 1. The lowest BCUT2D eigenvalue weighted by molar-refractivity contribution is 0.0698. The zero-order chi connectivity index (χ0) is 19.4. The van der Waals surface area contributed by atoms with Crippen LogP contribution in [0.4, 0.5) is 11.4 Å². The van der Waals surface area contributed by atoms with E-state index in [0.29, 0.717) is 0 Å². The van der Waals surface area contributed by atoms with Crippen LogP contribution in [-0.2, 0) is 10.0 Å². The lowest BCUT2D eigenvalue weighted by Gasteiger charge is -2.23. The summed E-state index contributed by atoms with van der Waals surface area (Å²) < 4.78 is 27.6. The van der Waals surface area contributed by atoms with Gasteiger partial charge < -0.3 is 10.0 Å². The lowest BCUT2D eigenvalue weighted by Crippen LogP contribution is -2.24. The Labute approximate surface area is 159 Å². The van der Waals surface area contributed by atoms with Gasteiger partial charge in [-0.3, -0.25) is 4.72 Å². The van der Waals surface area contributed by atoms with Crippen LogP contribution in [0.3, 0.4) is 0 Å². The van der Waals surface area contributed by atoms with Crippen molar-refractivity contribution in [1.29, 1.82) is 0 Å². The normalized spacial score (nSPS) is 15.2. The van der Waals surface area contributed by atoms with Gasteiger partial charge in [0.15, 0.2) is 0 Å². The molecular formula is C20H24N2O4S. The Morgan fingerprint density at radius 1 is 1.00 bits per heavy atom. The first-order chi connectivity index (χ1) is 12.9. The quantitative estimate of drug-likeness (QED) is 0.812. The minimum absolute atomic E-state index is 0.0487. The van der Waals surface area contributed by atoms with Gasteiger partial charge in [0.05, 0.1) is 16.1 Å². The molecule has 1 saturated heterocycles. The largest absolute Gasteiger partial charge is 0.478 e. The molecule has 1 aliphatic heterocycles. The molecule has 0 spiro atoms. The van der Waals surface area contributed by atoms with Gasteiger partial charge >= 0.3 is 5.97 Å². The molecule has 0 aliphatic carbocycles. The molecule has 1 fully saturated rings. The van der Waals surface area contributed by atoms with Crippen LogP contribution < -0.4 is 9.62 Å². The average Bonchev–Trinajstić information content (AvgIpc) is 2.91. The number of benzene rings is 2. The van der Waals surface area contributed by atoms with Gasteiger partial charge in [-0.25, -0.2) is 13.2 Å². The zero-order valence-corrected chi connectivity index (χ0v) is 16.1. The summed E-state index contributed by atoms with van der Waals surface area (Å²) >= 11 is 0. The number of aromatic carboxylic acids is 1. The topological polar surface area (TPSA) is 86.7 Å². The second kappa shape index (κ2) is 8.00. The zero-order valence-electron chi connectivity index (χ0n) is 15.3. The van der Waals surface area contributed by atoms with E-state index in [1.165, 1.54) is 31.0 Å². The first-order valence-corrected chi connectivity index (χ1v) is 10.6. The number of anilines is 2. The summed E-state index contributed by atoms with van der Waals surface area (Å²) in [5.74, 6) is -1.16. The SMILES string of the molecule is Cc1ccc(S(=O)(=O)Nc2ccc(N3CCCCCC3)cc2C(=O)O)cc1. The number of rotatable bonds is 5. The van der Waals surface area contributed by atoms with Gasteiger partial charge in [-0.05, 0) is 50.1 Å². The maximum Gasteiger partial charge on any atom is 0.337 e. The Balaban J connectivity index is 1.90. The van der Waals surface area contributed by atoms with Gasteiger partial charge in [0, 0.05) is 18.8 Å². The fourth-order valence-corrected chi connectivity index (χ4v) is 4.32. The Morgan fingerprint density at radius 2 is 1.63 bits per heavy atom. The second-order valence-corrected chi connectivity index (χ2v) is 8.54. The summed E-state index contributed by atoms with van der Waals surface area (Å²) in [6.07, 6.45) is 4.50. The van der Waals surface area contributed by atoms with Crippen LogP contribution in [0.25, 0.3) is 0 Å². The third-order valence-corrected chi connectivity index (χ3v) is 6.16. The maximum atomic E-state index is 12.6. The molecular weight excluding hydrogens is 364 g/mol. The van der Waals surface area contributed by atoms with Gasteiger partial charge in [-0.2, -0.15) is 0 Å². The van der Waals surface area contributed by atoms with Crippen LogP contribution in [0.5, 0.6) is 0 Å². The Morgan fingerprint density at radius 3 is 2.22 bits per heavy atom. The number of hydrogen-bond acceptors (Lipinski definition) is 4. The minimum Gasteiger partial charge on any atom is -0.478 e. The van der Waals surface area contributed by atoms with E-state index in [-0.39, 0.29) is 16.1 Å². The summed E-state index contributed by atoms with van der Waals surface area (Å²) in [5.41, 5.74) is 1.78. The van der Waals surface area contributed by atoms with E-state index in [1.807, 2.05) is 6.92 Å². The first kappa shape index (κ1) is 19.2. The van der Waals surface area contributed by atoms with E-state index in [1.54, 1.807) is 24.3 Å². The Hall–Kier alpha value is -2.54. The predicted octanol–water partition coefficient (Wildman–Crippen LogP) is 3.87. The molecule has 3 rings (SSSR count). The molecule has 2 aromatic carbocycles. The Kier molecular flexibility index (Phi) is 5.70. The van der Waals surface area contributed by atoms with E-state index in [0.717, 1.165) is 37.2 Å². The summed E-state index contributed by atoms with van der Waals surface area (Å²) in [4.78, 5) is 14.0. The van der Waals surface area contributed by atoms with Gasteiger partial charge in [-0.15, -0.1) is 0 Å². The minimum atomic E-state index is -3.86. The average molecular weight is 388 g/mol. The predicted molar refractivity (Wildman–Crippen MR) is 106 cm³/mol. The van der Waals surface area contributed by atoms with Crippen molar-refractivity contribution < 1.29 is 18.3 Å². The van der Waals surface area contributed by atoms with Crippen molar-refractivity contribution in [3.63, 3.8) is 0 Å². The Bertz CT molecular complexity index is 915. The van der Waals surface area contributed by atoms with Gasteiger partial charge in [0.2, 0.25) is 0 Å². The van der Waals surface area contributed by atoms with Crippen LogP contribution >= 0.6 is 0 Å². The monoisotopic (exact) mass is 388 g/mol. The lowest BCUT2D eigenvalue weighted by atomic mass is 10.1. The van der Waals surface area contributed by atoms with E-state index in [2.05, 4.69) is 9.62 Å². The summed E-state index contributed by atoms with van der Waals surface area (Å²) in [5, 5.41) is 9.59. The van der Waals surface area contributed by atoms with Crippen molar-refractivity contribution >= 4 is 27.4 Å². The van der Waals surface area contributed by atoms with Crippen LogP contribution in [-0.4, -0.2) is 32.6 Å². The second-order valence-electron chi connectivity index (χ2n) is 6.85. The van der Waals surface area contributed by atoms with E-state index < -0.39 is 16.0 Å². The van der Waals surface area contributed by atoms with Crippen LogP contribution in [0, 0.1) is 6.92 Å². The van der Waals surface area contributed by atoms with Gasteiger partial charge in [-0.1, -0.05) is 30.5 Å². The fourth-order valence-electron chi connectivity index (χ4n) is 3.24. The third-order valence-electron chi connectivity index (χ3n) is 4.78. The molecule has 1 heterocycles. The number of sulfonamides is 1. The van der Waals surface area contributed by atoms with Gasteiger partial charge in [0.1, 0.15) is 0 Å². The van der Waals surface area contributed by atoms with E-state index in [9.17, 15) is 18.3 Å². The van der Waals surface area contributed by atoms with Gasteiger partial charge in [0.25, 0.3) is 10.0 Å². The van der Waals surface area contributed by atoms with Crippen molar-refractivity contribution in [2.45, 2.75) is 37.5 Å². The highest BCUT2D eigenvalue weighted by atomic mass is 32.2. The van der Waals surface area contributed by atoms with E-state index in [4.69, 9.17) is 0 Å². The first-order valence-electron chi connectivity index (χ1n) is 9.08. The molecule has 144 valence electrons. The van der Waals surface area contributed by atoms with Crippen molar-refractivity contribution in [3.8, 4) is 0 Å². The number of carbonyl (C=O) groups is 1. The van der Waals surface area contributed by atoms with Crippen LogP contribution in [0.1, 0.15) is 41.6 Å². The highest BCUT2D eigenvalue weighted by molar-refractivity contribution is 7.92. The number of hydrogen-bond donors (Lipinski definition) is 2. The summed E-state index contributed by atoms with van der Waals surface area (Å²) in [7, 11) is -3.86. The molecule has 1 aliphatic rings. The van der Waals surface area contributed by atoms with E-state index >= 15 is 0 Å². The molecule has 0 atom stereocenters. The molecule has 2 aromatic rings. The van der Waals surface area contributed by atoms with Crippen molar-refractivity contribution in [2.24, 2.45) is 0 Å². The molecule has 7 heteroatoms. The highest BCUT2D eigenvalue weighted by Gasteiger charge is 2.20.